The van der Waals surface area contributed by atoms with Crippen LogP contribution in [0.1, 0.15) is 39.0 Å². The average molecular weight is 332 g/mol. The van der Waals surface area contributed by atoms with Crippen molar-refractivity contribution in [1.29, 1.82) is 0 Å². The number of benzene rings is 1. The number of amidine groups is 1. The highest BCUT2D eigenvalue weighted by molar-refractivity contribution is 7.80. The van der Waals surface area contributed by atoms with E-state index in [2.05, 4.69) is 17.2 Å². The third-order valence-corrected chi connectivity index (χ3v) is 3.63. The molecule has 1 rings (SSSR count). The SMILES string of the molecule is CCCCCCC(N)=NC(=S)Nc1ccc(Cl)c(Cl)c1. The number of nitrogens with one attached hydrogen (secondary N) is 1. The number of anilines is 1. The first-order valence-electron chi connectivity index (χ1n) is 6.62. The number of nitrogens with two attached hydrogens (primary N) is 1. The monoisotopic (exact) mass is 331 g/mol. The molecule has 0 fully saturated rings. The van der Waals surface area contributed by atoms with Gasteiger partial charge in [0.1, 0.15) is 5.84 Å². The molecule has 3 nitrogen and oxygen atoms in total. The summed E-state index contributed by atoms with van der Waals surface area (Å²) < 4.78 is 0. The topological polar surface area (TPSA) is 50.4 Å². The van der Waals surface area contributed by atoms with Crippen LogP contribution in [0, 0.1) is 0 Å². The number of hydrogen-bond acceptors (Lipinski definition) is 1. The molecule has 0 radical (unpaired) electrons. The summed E-state index contributed by atoms with van der Waals surface area (Å²) in [6.45, 7) is 2.17. The first kappa shape index (κ1) is 17.2. The van der Waals surface area contributed by atoms with Crippen molar-refractivity contribution in [2.75, 3.05) is 5.32 Å². The third-order valence-electron chi connectivity index (χ3n) is 2.70. The van der Waals surface area contributed by atoms with Gasteiger partial charge in [0.05, 0.1) is 10.0 Å². The van der Waals surface area contributed by atoms with E-state index in [0.717, 1.165) is 18.5 Å². The lowest BCUT2D eigenvalue weighted by Gasteiger charge is -2.06. The molecule has 0 unspecified atom stereocenters. The molecule has 0 aliphatic heterocycles. The van der Waals surface area contributed by atoms with E-state index in [1.807, 2.05) is 0 Å². The van der Waals surface area contributed by atoms with Crippen molar-refractivity contribution in [3.63, 3.8) is 0 Å². The van der Waals surface area contributed by atoms with Gasteiger partial charge in [0.15, 0.2) is 5.11 Å². The highest BCUT2D eigenvalue weighted by atomic mass is 35.5. The standard InChI is InChI=1S/C14H19Cl2N3S/c1-2-3-4-5-6-13(17)19-14(20)18-10-7-8-11(15)12(16)9-10/h7-9H,2-6H2,1H3,(H3,17,18,19,20). The van der Waals surface area contributed by atoms with E-state index in [0.29, 0.717) is 21.0 Å². The van der Waals surface area contributed by atoms with Gasteiger partial charge in [-0.2, -0.15) is 0 Å². The van der Waals surface area contributed by atoms with E-state index < -0.39 is 0 Å². The molecule has 6 heteroatoms. The van der Waals surface area contributed by atoms with Crippen molar-refractivity contribution < 1.29 is 0 Å². The summed E-state index contributed by atoms with van der Waals surface area (Å²) >= 11 is 16.9. The van der Waals surface area contributed by atoms with E-state index >= 15 is 0 Å². The van der Waals surface area contributed by atoms with Crippen LogP contribution in [-0.4, -0.2) is 10.9 Å². The van der Waals surface area contributed by atoms with Gasteiger partial charge in [-0.15, -0.1) is 0 Å². The van der Waals surface area contributed by atoms with Gasteiger partial charge in [-0.1, -0.05) is 49.4 Å². The quantitative estimate of drug-likeness (QED) is 0.333. The number of thiocarbonyl (C=S) groups is 1. The molecule has 0 atom stereocenters. The Morgan fingerprint density at radius 1 is 1.25 bits per heavy atom. The molecule has 0 aliphatic carbocycles. The van der Waals surface area contributed by atoms with Gasteiger partial charge in [0, 0.05) is 12.1 Å². The second kappa shape index (κ2) is 9.16. The van der Waals surface area contributed by atoms with Gasteiger partial charge < -0.3 is 11.1 Å². The molecule has 3 N–H and O–H groups in total. The van der Waals surface area contributed by atoms with Crippen molar-refractivity contribution in [3.8, 4) is 0 Å². The van der Waals surface area contributed by atoms with Gasteiger partial charge in [0.2, 0.25) is 0 Å². The Labute approximate surface area is 135 Å². The van der Waals surface area contributed by atoms with Crippen LogP contribution in [0.3, 0.4) is 0 Å². The van der Waals surface area contributed by atoms with Crippen LogP contribution < -0.4 is 11.1 Å². The van der Waals surface area contributed by atoms with Gasteiger partial charge in [-0.3, -0.25) is 0 Å². The Hall–Kier alpha value is -0.840. The molecule has 0 saturated carbocycles. The Morgan fingerprint density at radius 2 is 2.00 bits per heavy atom. The molecule has 0 amide bonds. The lowest BCUT2D eigenvalue weighted by Crippen LogP contribution is -2.17. The second-order valence-electron chi connectivity index (χ2n) is 4.47. The number of halogens is 2. The van der Waals surface area contributed by atoms with Crippen LogP contribution in [0.5, 0.6) is 0 Å². The number of rotatable bonds is 6. The second-order valence-corrected chi connectivity index (χ2v) is 5.67. The minimum atomic E-state index is 0.330. The molecule has 0 heterocycles. The highest BCUT2D eigenvalue weighted by Gasteiger charge is 2.02. The lowest BCUT2D eigenvalue weighted by atomic mass is 10.1. The lowest BCUT2D eigenvalue weighted by molar-refractivity contribution is 0.682. The zero-order valence-electron chi connectivity index (χ0n) is 11.5. The molecule has 0 saturated heterocycles. The molecule has 0 aromatic heterocycles. The Balaban J connectivity index is 2.47. The van der Waals surface area contributed by atoms with Crippen LogP contribution in [0.15, 0.2) is 23.2 Å². The normalized spacial score (nSPS) is 11.4. The zero-order valence-corrected chi connectivity index (χ0v) is 13.8. The molecule has 0 spiro atoms. The smallest absolute Gasteiger partial charge is 0.198 e. The fraction of sp³-hybridized carbons (Fsp3) is 0.429. The summed E-state index contributed by atoms with van der Waals surface area (Å²) in [5, 5.41) is 4.26. The minimum absolute atomic E-state index is 0.330. The number of nitrogens with zero attached hydrogens (tertiary/aromatic N) is 1. The Bertz CT molecular complexity index is 489. The van der Waals surface area contributed by atoms with E-state index in [1.54, 1.807) is 18.2 Å². The van der Waals surface area contributed by atoms with Crippen LogP contribution in [-0.2, 0) is 0 Å². The molecular weight excluding hydrogens is 313 g/mol. The molecule has 110 valence electrons. The summed E-state index contributed by atoms with van der Waals surface area (Å²) in [6.07, 6.45) is 5.40. The van der Waals surface area contributed by atoms with Gasteiger partial charge >= 0.3 is 0 Å². The van der Waals surface area contributed by atoms with Crippen LogP contribution in [0.25, 0.3) is 0 Å². The highest BCUT2D eigenvalue weighted by Crippen LogP contribution is 2.25. The van der Waals surface area contributed by atoms with Gasteiger partial charge in [-0.25, -0.2) is 4.99 Å². The van der Waals surface area contributed by atoms with E-state index in [9.17, 15) is 0 Å². The molecule has 1 aromatic rings. The average Bonchev–Trinajstić information content (AvgIpc) is 2.39. The third kappa shape index (κ3) is 6.55. The van der Waals surface area contributed by atoms with Crippen LogP contribution >= 0.6 is 35.4 Å². The fourth-order valence-corrected chi connectivity index (χ4v) is 2.18. The van der Waals surface area contributed by atoms with Crippen molar-refractivity contribution in [2.24, 2.45) is 10.7 Å². The van der Waals surface area contributed by atoms with Crippen molar-refractivity contribution in [2.45, 2.75) is 39.0 Å². The molecule has 0 bridgehead atoms. The predicted molar refractivity (Wildman–Crippen MR) is 93.1 cm³/mol. The molecular formula is C14H19Cl2N3S. The van der Waals surface area contributed by atoms with Crippen molar-refractivity contribution in [1.82, 2.24) is 0 Å². The summed E-state index contributed by atoms with van der Waals surface area (Å²) in [5.74, 6) is 0.554. The maximum absolute atomic E-state index is 5.93. The van der Waals surface area contributed by atoms with E-state index in [1.165, 1.54) is 19.3 Å². The maximum Gasteiger partial charge on any atom is 0.198 e. The predicted octanol–water partition coefficient (Wildman–Crippen LogP) is 5.02. The van der Waals surface area contributed by atoms with E-state index in [-0.39, 0.29) is 0 Å². The van der Waals surface area contributed by atoms with Crippen molar-refractivity contribution in [3.05, 3.63) is 28.2 Å². The zero-order chi connectivity index (χ0) is 15.0. The first-order chi connectivity index (χ1) is 9.52. The summed E-state index contributed by atoms with van der Waals surface area (Å²) in [5.41, 5.74) is 6.58. The summed E-state index contributed by atoms with van der Waals surface area (Å²) in [6, 6.07) is 5.18. The number of unbranched alkanes of at least 4 members (excludes halogenated alkanes) is 3. The largest absolute Gasteiger partial charge is 0.387 e. The van der Waals surface area contributed by atoms with Crippen molar-refractivity contribution >= 4 is 52.1 Å². The maximum atomic E-state index is 5.93. The first-order valence-corrected chi connectivity index (χ1v) is 7.78. The summed E-state index contributed by atoms with van der Waals surface area (Å²) in [7, 11) is 0. The Kier molecular flexibility index (Phi) is 7.88. The van der Waals surface area contributed by atoms with Crippen LogP contribution in [0.2, 0.25) is 10.0 Å². The summed E-state index contributed by atoms with van der Waals surface area (Å²) in [4.78, 5) is 4.16. The number of aliphatic imine (C=N–C) groups is 1. The Morgan fingerprint density at radius 3 is 2.65 bits per heavy atom. The van der Waals surface area contributed by atoms with Crippen LogP contribution in [0.4, 0.5) is 5.69 Å². The number of hydrogen-bond donors (Lipinski definition) is 2. The molecule has 1 aromatic carbocycles. The van der Waals surface area contributed by atoms with Gasteiger partial charge in [0.25, 0.3) is 0 Å². The molecule has 20 heavy (non-hydrogen) atoms. The van der Waals surface area contributed by atoms with E-state index in [4.69, 9.17) is 41.2 Å². The molecule has 0 aliphatic rings. The van der Waals surface area contributed by atoms with Gasteiger partial charge in [-0.05, 0) is 36.8 Å². The fourth-order valence-electron chi connectivity index (χ4n) is 1.64. The minimum Gasteiger partial charge on any atom is -0.387 e.